The molecular weight excluding hydrogens is 268 g/mol. The van der Waals surface area contributed by atoms with Crippen LogP contribution in [0.5, 0.6) is 5.75 Å². The summed E-state index contributed by atoms with van der Waals surface area (Å²) in [6.07, 6.45) is 3.20. The topological polar surface area (TPSA) is 64.4 Å². The molecule has 1 aromatic heterocycles. The van der Waals surface area contributed by atoms with Gasteiger partial charge in [0.2, 0.25) is 0 Å². The van der Waals surface area contributed by atoms with Crippen molar-refractivity contribution in [1.29, 1.82) is 0 Å². The molecule has 5 nitrogen and oxygen atoms in total. The monoisotopic (exact) mass is 284 g/mol. The molecule has 0 aliphatic heterocycles. The van der Waals surface area contributed by atoms with Gasteiger partial charge in [-0.2, -0.15) is 0 Å². The van der Waals surface area contributed by atoms with Gasteiger partial charge in [-0.05, 0) is 36.6 Å². The predicted octanol–water partition coefficient (Wildman–Crippen LogP) is 2.36. The van der Waals surface area contributed by atoms with Crippen molar-refractivity contribution in [2.75, 3.05) is 13.7 Å². The van der Waals surface area contributed by atoms with Crippen molar-refractivity contribution in [3.63, 3.8) is 0 Å². The lowest BCUT2D eigenvalue weighted by Crippen LogP contribution is -2.25. The molecule has 0 saturated carbocycles. The van der Waals surface area contributed by atoms with Gasteiger partial charge in [0.05, 0.1) is 7.11 Å². The molecule has 1 aromatic carbocycles. The number of carbonyl (C=O) groups is 1. The summed E-state index contributed by atoms with van der Waals surface area (Å²) in [5, 5.41) is 6.67. The lowest BCUT2D eigenvalue weighted by molar-refractivity contribution is 0.0948. The Kier molecular flexibility index (Phi) is 3.48. The Bertz CT molecular complexity index is 704. The molecule has 0 bridgehead atoms. The number of nitrogens with one attached hydrogen (secondary N) is 1. The van der Waals surface area contributed by atoms with Crippen molar-refractivity contribution in [2.45, 2.75) is 12.8 Å². The Morgan fingerprint density at radius 3 is 3.14 bits per heavy atom. The highest BCUT2D eigenvalue weighted by Crippen LogP contribution is 2.36. The van der Waals surface area contributed by atoms with Crippen molar-refractivity contribution in [3.05, 3.63) is 47.7 Å². The fourth-order valence-corrected chi connectivity index (χ4v) is 2.56. The van der Waals surface area contributed by atoms with Gasteiger partial charge in [0.1, 0.15) is 5.75 Å². The van der Waals surface area contributed by atoms with E-state index in [0.717, 1.165) is 35.3 Å². The molecule has 2 aromatic rings. The van der Waals surface area contributed by atoms with E-state index >= 15 is 0 Å². The van der Waals surface area contributed by atoms with Gasteiger partial charge in [-0.25, -0.2) is 0 Å². The zero-order valence-electron chi connectivity index (χ0n) is 11.8. The number of amides is 1. The minimum absolute atomic E-state index is 0.225. The van der Waals surface area contributed by atoms with Crippen LogP contribution in [0.2, 0.25) is 0 Å². The molecule has 0 fully saturated rings. The minimum Gasteiger partial charge on any atom is -0.497 e. The van der Waals surface area contributed by atoms with E-state index in [2.05, 4.69) is 17.1 Å². The number of hydrogen-bond acceptors (Lipinski definition) is 4. The standard InChI is InChI=1S/C16H16N2O3/c1-3-8-17-16(19)14-13-6-4-10-9-11(20-2)5-7-12(10)15(13)21-18-14/h3,5,7,9H,1,4,6,8H2,2H3,(H,17,19). The SMILES string of the molecule is C=CCNC(=O)c1noc2c1CCc1cc(OC)ccc1-2. The van der Waals surface area contributed by atoms with Crippen LogP contribution in [0.15, 0.2) is 35.4 Å². The van der Waals surface area contributed by atoms with E-state index < -0.39 is 0 Å². The molecule has 0 atom stereocenters. The summed E-state index contributed by atoms with van der Waals surface area (Å²) in [5.74, 6) is 1.28. The molecule has 1 amide bonds. The lowest BCUT2D eigenvalue weighted by atomic mass is 9.89. The molecule has 0 spiro atoms. The normalized spacial score (nSPS) is 12.2. The van der Waals surface area contributed by atoms with Gasteiger partial charge < -0.3 is 14.6 Å². The quantitative estimate of drug-likeness (QED) is 0.875. The molecular formula is C16H16N2O3. The van der Waals surface area contributed by atoms with Gasteiger partial charge >= 0.3 is 0 Å². The third kappa shape index (κ3) is 2.31. The third-order valence-electron chi connectivity index (χ3n) is 3.61. The Balaban J connectivity index is 1.98. The van der Waals surface area contributed by atoms with E-state index in [1.165, 1.54) is 0 Å². The van der Waals surface area contributed by atoms with Crippen molar-refractivity contribution in [2.24, 2.45) is 0 Å². The van der Waals surface area contributed by atoms with Crippen LogP contribution in [-0.2, 0) is 12.8 Å². The van der Waals surface area contributed by atoms with Crippen LogP contribution in [0, 0.1) is 0 Å². The van der Waals surface area contributed by atoms with Gasteiger partial charge in [0.15, 0.2) is 11.5 Å². The predicted molar refractivity (Wildman–Crippen MR) is 78.4 cm³/mol. The van der Waals surface area contributed by atoms with Crippen LogP contribution >= 0.6 is 0 Å². The largest absolute Gasteiger partial charge is 0.497 e. The molecule has 21 heavy (non-hydrogen) atoms. The second-order valence-corrected chi connectivity index (χ2v) is 4.86. The fraction of sp³-hybridized carbons (Fsp3) is 0.250. The average molecular weight is 284 g/mol. The van der Waals surface area contributed by atoms with Crippen molar-refractivity contribution < 1.29 is 14.1 Å². The average Bonchev–Trinajstić information content (AvgIpc) is 2.96. The number of aromatic nitrogens is 1. The van der Waals surface area contributed by atoms with Crippen LogP contribution in [0.3, 0.4) is 0 Å². The lowest BCUT2D eigenvalue weighted by Gasteiger charge is -2.15. The van der Waals surface area contributed by atoms with E-state index in [1.807, 2.05) is 18.2 Å². The smallest absolute Gasteiger partial charge is 0.274 e. The van der Waals surface area contributed by atoms with E-state index in [1.54, 1.807) is 13.2 Å². The Hall–Kier alpha value is -2.56. The third-order valence-corrected chi connectivity index (χ3v) is 3.61. The van der Waals surface area contributed by atoms with Gasteiger partial charge in [-0.3, -0.25) is 4.79 Å². The first kappa shape index (κ1) is 13.4. The van der Waals surface area contributed by atoms with Gasteiger partial charge in [-0.15, -0.1) is 6.58 Å². The summed E-state index contributed by atoms with van der Waals surface area (Å²) in [6.45, 7) is 3.99. The minimum atomic E-state index is -0.225. The van der Waals surface area contributed by atoms with Crippen LogP contribution < -0.4 is 10.1 Å². The number of methoxy groups -OCH3 is 1. The van der Waals surface area contributed by atoms with E-state index in [-0.39, 0.29) is 5.91 Å². The number of benzene rings is 1. The van der Waals surface area contributed by atoms with E-state index in [9.17, 15) is 4.79 Å². The van der Waals surface area contributed by atoms with Gasteiger partial charge in [0.25, 0.3) is 5.91 Å². The molecule has 108 valence electrons. The molecule has 1 aliphatic rings. The molecule has 3 rings (SSSR count). The Labute approximate surface area is 122 Å². The summed E-state index contributed by atoms with van der Waals surface area (Å²) >= 11 is 0. The molecule has 0 unspecified atom stereocenters. The zero-order chi connectivity index (χ0) is 14.8. The summed E-state index contributed by atoms with van der Waals surface area (Å²) in [7, 11) is 1.65. The molecule has 1 heterocycles. The zero-order valence-corrected chi connectivity index (χ0v) is 11.8. The number of aryl methyl sites for hydroxylation is 1. The van der Waals surface area contributed by atoms with Gasteiger partial charge in [-0.1, -0.05) is 11.2 Å². The molecule has 1 aliphatic carbocycles. The van der Waals surface area contributed by atoms with Crippen molar-refractivity contribution in [1.82, 2.24) is 10.5 Å². The maximum Gasteiger partial charge on any atom is 0.274 e. The number of carbonyl (C=O) groups excluding carboxylic acids is 1. The number of rotatable bonds is 4. The van der Waals surface area contributed by atoms with Crippen LogP contribution in [0.1, 0.15) is 21.6 Å². The molecule has 0 saturated heterocycles. The molecule has 5 heteroatoms. The molecule has 1 N–H and O–H groups in total. The number of nitrogens with zero attached hydrogens (tertiary/aromatic N) is 1. The van der Waals surface area contributed by atoms with Gasteiger partial charge in [0, 0.05) is 17.7 Å². The Morgan fingerprint density at radius 1 is 1.52 bits per heavy atom. The van der Waals surface area contributed by atoms with E-state index in [0.29, 0.717) is 18.0 Å². The summed E-state index contributed by atoms with van der Waals surface area (Å²) in [4.78, 5) is 12.0. The molecule has 0 radical (unpaired) electrons. The van der Waals surface area contributed by atoms with E-state index in [4.69, 9.17) is 9.26 Å². The summed E-state index contributed by atoms with van der Waals surface area (Å²) in [5.41, 5.74) is 3.37. The summed E-state index contributed by atoms with van der Waals surface area (Å²) < 4.78 is 10.6. The van der Waals surface area contributed by atoms with Crippen LogP contribution in [0.25, 0.3) is 11.3 Å². The highest BCUT2D eigenvalue weighted by molar-refractivity contribution is 5.95. The van der Waals surface area contributed by atoms with Crippen molar-refractivity contribution in [3.8, 4) is 17.1 Å². The summed E-state index contributed by atoms with van der Waals surface area (Å²) in [6, 6.07) is 5.83. The highest BCUT2D eigenvalue weighted by Gasteiger charge is 2.27. The second kappa shape index (κ2) is 5.44. The number of fused-ring (bicyclic) bond motifs is 3. The van der Waals surface area contributed by atoms with Crippen molar-refractivity contribution >= 4 is 5.91 Å². The first-order valence-corrected chi connectivity index (χ1v) is 6.79. The maximum atomic E-state index is 12.0. The van der Waals surface area contributed by atoms with Crippen LogP contribution in [-0.4, -0.2) is 24.7 Å². The highest BCUT2D eigenvalue weighted by atomic mass is 16.5. The first-order chi connectivity index (χ1) is 10.2. The fourth-order valence-electron chi connectivity index (χ4n) is 2.56. The second-order valence-electron chi connectivity index (χ2n) is 4.86. The van der Waals surface area contributed by atoms with Crippen LogP contribution in [0.4, 0.5) is 0 Å². The first-order valence-electron chi connectivity index (χ1n) is 6.79. The number of ether oxygens (including phenoxy) is 1. The maximum absolute atomic E-state index is 12.0. The number of hydrogen-bond donors (Lipinski definition) is 1. The Morgan fingerprint density at radius 2 is 2.38 bits per heavy atom.